The Hall–Kier alpha value is -3.56. The van der Waals surface area contributed by atoms with Gasteiger partial charge in [-0.15, -0.1) is 0 Å². The third-order valence-corrected chi connectivity index (χ3v) is 6.68. The predicted octanol–water partition coefficient (Wildman–Crippen LogP) is 3.64. The summed E-state index contributed by atoms with van der Waals surface area (Å²) in [5.74, 6) is 0.0230. The molecule has 2 saturated heterocycles. The minimum atomic E-state index is -0.791. The molecule has 0 spiro atoms. The van der Waals surface area contributed by atoms with Crippen LogP contribution in [0, 0.1) is 0 Å². The van der Waals surface area contributed by atoms with Gasteiger partial charge in [-0.3, -0.25) is 14.5 Å². The number of amides is 1. The van der Waals surface area contributed by atoms with Crippen LogP contribution in [0.1, 0.15) is 37.4 Å². The zero-order chi connectivity index (χ0) is 27.1. The molecule has 2 aromatic rings. The average molecular weight is 525 g/mol. The molecule has 1 amide bonds. The van der Waals surface area contributed by atoms with Gasteiger partial charge in [-0.05, 0) is 43.2 Å². The number of ketones is 1. The largest absolute Gasteiger partial charge is 0.507 e. The topological polar surface area (TPSA) is 97.8 Å². The second kappa shape index (κ2) is 12.8. The molecule has 2 fully saturated rings. The molecule has 9 nitrogen and oxygen atoms in total. The van der Waals surface area contributed by atoms with E-state index in [2.05, 4.69) is 4.90 Å². The molecular formula is C29H36N2O7. The van der Waals surface area contributed by atoms with E-state index in [-0.39, 0.29) is 11.3 Å². The van der Waals surface area contributed by atoms with Crippen molar-refractivity contribution in [1.82, 2.24) is 9.80 Å². The summed E-state index contributed by atoms with van der Waals surface area (Å²) in [6, 6.07) is 11.5. The average Bonchev–Trinajstić information content (AvgIpc) is 3.20. The van der Waals surface area contributed by atoms with Crippen molar-refractivity contribution in [3.05, 3.63) is 59.2 Å². The highest BCUT2D eigenvalue weighted by Gasteiger charge is 2.46. The molecular weight excluding hydrogens is 488 g/mol. The van der Waals surface area contributed by atoms with Crippen LogP contribution in [-0.2, 0) is 14.3 Å². The van der Waals surface area contributed by atoms with E-state index >= 15 is 0 Å². The molecule has 0 saturated carbocycles. The molecule has 0 bridgehead atoms. The summed E-state index contributed by atoms with van der Waals surface area (Å²) < 4.78 is 22.4. The highest BCUT2D eigenvalue weighted by Crippen LogP contribution is 2.42. The Balaban J connectivity index is 1.76. The van der Waals surface area contributed by atoms with Crippen molar-refractivity contribution < 1.29 is 33.6 Å². The lowest BCUT2D eigenvalue weighted by atomic mass is 9.95. The lowest BCUT2D eigenvalue weighted by molar-refractivity contribution is -0.140. The van der Waals surface area contributed by atoms with Gasteiger partial charge in [0.2, 0.25) is 0 Å². The van der Waals surface area contributed by atoms with Gasteiger partial charge in [-0.2, -0.15) is 0 Å². The monoisotopic (exact) mass is 524 g/mol. The molecule has 2 aliphatic heterocycles. The zero-order valence-corrected chi connectivity index (χ0v) is 22.3. The number of aliphatic hydroxyl groups is 1. The molecule has 38 heavy (non-hydrogen) atoms. The Morgan fingerprint density at radius 2 is 1.82 bits per heavy atom. The van der Waals surface area contributed by atoms with Gasteiger partial charge < -0.3 is 29.0 Å². The first-order valence-electron chi connectivity index (χ1n) is 13.1. The van der Waals surface area contributed by atoms with Crippen molar-refractivity contribution in [2.75, 3.05) is 59.7 Å². The first-order chi connectivity index (χ1) is 18.5. The molecule has 1 unspecified atom stereocenters. The number of carbonyl (C=O) groups excluding carboxylic acids is 2. The van der Waals surface area contributed by atoms with E-state index in [1.54, 1.807) is 49.6 Å². The van der Waals surface area contributed by atoms with E-state index in [0.717, 1.165) is 19.5 Å². The minimum absolute atomic E-state index is 0.0378. The third-order valence-electron chi connectivity index (χ3n) is 6.68. The number of hydrogen-bond acceptors (Lipinski definition) is 8. The number of aliphatic hydroxyl groups excluding tert-OH is 1. The van der Waals surface area contributed by atoms with E-state index < -0.39 is 17.7 Å². The van der Waals surface area contributed by atoms with Crippen molar-refractivity contribution in [1.29, 1.82) is 0 Å². The molecule has 4 rings (SSSR count). The van der Waals surface area contributed by atoms with Crippen molar-refractivity contribution in [3.8, 4) is 17.2 Å². The lowest BCUT2D eigenvalue weighted by Crippen LogP contribution is -2.42. The molecule has 1 N–H and O–H groups in total. The first-order valence-corrected chi connectivity index (χ1v) is 13.1. The van der Waals surface area contributed by atoms with Crippen LogP contribution in [0.4, 0.5) is 0 Å². The second-order valence-electron chi connectivity index (χ2n) is 9.17. The maximum absolute atomic E-state index is 13.4. The summed E-state index contributed by atoms with van der Waals surface area (Å²) in [6.45, 7) is 8.57. The molecule has 0 radical (unpaired) electrons. The summed E-state index contributed by atoms with van der Waals surface area (Å²) in [7, 11) is 1.54. The highest BCUT2D eigenvalue weighted by molar-refractivity contribution is 6.46. The molecule has 2 heterocycles. The van der Waals surface area contributed by atoms with Gasteiger partial charge in [0.1, 0.15) is 11.5 Å². The Morgan fingerprint density at radius 3 is 2.53 bits per heavy atom. The van der Waals surface area contributed by atoms with Gasteiger partial charge in [-0.1, -0.05) is 25.1 Å². The number of benzene rings is 2. The van der Waals surface area contributed by atoms with Crippen molar-refractivity contribution in [2.24, 2.45) is 0 Å². The Labute approximate surface area is 223 Å². The van der Waals surface area contributed by atoms with E-state index in [1.165, 1.54) is 4.90 Å². The molecule has 0 aromatic heterocycles. The summed E-state index contributed by atoms with van der Waals surface area (Å²) >= 11 is 0. The van der Waals surface area contributed by atoms with Crippen LogP contribution >= 0.6 is 0 Å². The second-order valence-corrected chi connectivity index (χ2v) is 9.17. The fourth-order valence-corrected chi connectivity index (χ4v) is 4.77. The van der Waals surface area contributed by atoms with Crippen LogP contribution in [0.2, 0.25) is 0 Å². The van der Waals surface area contributed by atoms with Gasteiger partial charge in [0.05, 0.1) is 45.2 Å². The van der Waals surface area contributed by atoms with E-state index in [4.69, 9.17) is 18.9 Å². The van der Waals surface area contributed by atoms with E-state index in [1.807, 2.05) is 13.8 Å². The van der Waals surface area contributed by atoms with Crippen molar-refractivity contribution in [2.45, 2.75) is 26.3 Å². The number of carbonyl (C=O) groups is 2. The minimum Gasteiger partial charge on any atom is -0.507 e. The molecule has 2 aliphatic rings. The Kier molecular flexibility index (Phi) is 9.25. The van der Waals surface area contributed by atoms with Gasteiger partial charge in [-0.25, -0.2) is 0 Å². The Bertz CT molecular complexity index is 1170. The van der Waals surface area contributed by atoms with Gasteiger partial charge >= 0.3 is 0 Å². The van der Waals surface area contributed by atoms with Crippen LogP contribution in [0.15, 0.2) is 48.0 Å². The van der Waals surface area contributed by atoms with Gasteiger partial charge in [0.25, 0.3) is 11.7 Å². The number of methoxy groups -OCH3 is 1. The van der Waals surface area contributed by atoms with E-state index in [9.17, 15) is 14.7 Å². The maximum Gasteiger partial charge on any atom is 0.295 e. The van der Waals surface area contributed by atoms with Crippen LogP contribution in [0.5, 0.6) is 17.2 Å². The van der Waals surface area contributed by atoms with Crippen LogP contribution < -0.4 is 14.2 Å². The number of likely N-dealkylation sites (tertiary alicyclic amines) is 1. The summed E-state index contributed by atoms with van der Waals surface area (Å²) in [4.78, 5) is 30.5. The summed E-state index contributed by atoms with van der Waals surface area (Å²) in [5, 5.41) is 11.4. The number of Topliss-reactive ketones (excluding diaryl/α,β-unsaturated/α-hetero) is 1. The number of hydrogen-bond donors (Lipinski definition) is 1. The predicted molar refractivity (Wildman–Crippen MR) is 143 cm³/mol. The first kappa shape index (κ1) is 27.5. The zero-order valence-electron chi connectivity index (χ0n) is 22.3. The highest BCUT2D eigenvalue weighted by atomic mass is 16.5. The normalized spacial score (nSPS) is 19.6. The van der Waals surface area contributed by atoms with Crippen LogP contribution in [-0.4, -0.2) is 86.3 Å². The lowest BCUT2D eigenvalue weighted by Gasteiger charge is -2.31. The van der Waals surface area contributed by atoms with Crippen LogP contribution in [0.3, 0.4) is 0 Å². The number of nitrogens with zero attached hydrogens (tertiary/aromatic N) is 2. The fraction of sp³-hybridized carbons (Fsp3) is 0.448. The van der Waals surface area contributed by atoms with Gasteiger partial charge in [0.15, 0.2) is 11.5 Å². The third kappa shape index (κ3) is 5.95. The molecule has 1 atom stereocenters. The number of morpholine rings is 1. The molecule has 0 aliphatic carbocycles. The standard InChI is InChI=1S/C29H36N2O7/c1-4-15-38-22-8-6-7-21(18-22)27(32)25-26(20-9-10-23(37-5-2)24(19-20)35-3)31(29(34)28(25)33)12-11-30-13-16-36-17-14-30/h6-10,18-19,26,32H,4-5,11-17H2,1-3H3. The smallest absolute Gasteiger partial charge is 0.295 e. The molecule has 204 valence electrons. The summed E-state index contributed by atoms with van der Waals surface area (Å²) in [6.07, 6.45) is 0.837. The number of rotatable bonds is 11. The van der Waals surface area contributed by atoms with Crippen molar-refractivity contribution in [3.63, 3.8) is 0 Å². The SMILES string of the molecule is CCCOc1cccc(C(O)=C2C(=O)C(=O)N(CCN3CCOCC3)C2c2ccc(OCC)c(OC)c2)c1. The maximum atomic E-state index is 13.4. The van der Waals surface area contributed by atoms with E-state index in [0.29, 0.717) is 67.9 Å². The van der Waals surface area contributed by atoms with Gasteiger partial charge in [0, 0.05) is 31.7 Å². The number of ether oxygens (including phenoxy) is 4. The molecule has 9 heteroatoms. The van der Waals surface area contributed by atoms with Crippen LogP contribution in [0.25, 0.3) is 5.76 Å². The van der Waals surface area contributed by atoms with Crippen molar-refractivity contribution >= 4 is 17.4 Å². The molecule has 2 aromatic carbocycles. The quantitative estimate of drug-likeness (QED) is 0.270. The summed E-state index contributed by atoms with van der Waals surface area (Å²) in [5.41, 5.74) is 1.09. The Morgan fingerprint density at radius 1 is 1.03 bits per heavy atom. The fourth-order valence-electron chi connectivity index (χ4n) is 4.77.